The van der Waals surface area contributed by atoms with Gasteiger partial charge in [-0.2, -0.15) is 4.98 Å². The summed E-state index contributed by atoms with van der Waals surface area (Å²) >= 11 is 0. The van der Waals surface area contributed by atoms with Crippen LogP contribution in [0.5, 0.6) is 0 Å². The second-order valence-electron chi connectivity index (χ2n) is 7.29. The Morgan fingerprint density at radius 1 is 1.20 bits per heavy atom. The van der Waals surface area contributed by atoms with Gasteiger partial charge in [0.25, 0.3) is 0 Å². The van der Waals surface area contributed by atoms with Gasteiger partial charge >= 0.3 is 0 Å². The average molecular weight is 348 g/mol. The van der Waals surface area contributed by atoms with Crippen molar-refractivity contribution in [2.45, 2.75) is 70.8 Å². The van der Waals surface area contributed by atoms with Crippen molar-refractivity contribution in [3.63, 3.8) is 0 Å². The van der Waals surface area contributed by atoms with Gasteiger partial charge < -0.3 is 14.7 Å². The zero-order valence-corrected chi connectivity index (χ0v) is 15.0. The van der Waals surface area contributed by atoms with Crippen LogP contribution in [0.4, 0.5) is 0 Å². The number of piperidine rings is 1. The van der Waals surface area contributed by atoms with Crippen LogP contribution in [0.1, 0.15) is 75.9 Å². The smallest absolute Gasteiger partial charge is 0.246 e. The predicted molar refractivity (Wildman–Crippen MR) is 91.6 cm³/mol. The first-order valence-corrected chi connectivity index (χ1v) is 9.46. The normalized spacial score (nSPS) is 19.3. The molecule has 7 heteroatoms. The number of carbonyl (C=O) groups excluding carboxylic acids is 2. The van der Waals surface area contributed by atoms with E-state index in [0.717, 1.165) is 38.3 Å². The number of rotatable bonds is 6. The standard InChI is InChI=1S/C18H28N4O3/c1-13(23)22-10-8-15(9-11-22)18-20-17(25-21-18)12-19-16(24)7-6-14-4-2-3-5-14/h14-15H,2-12H2,1H3,(H,19,24). The molecule has 0 unspecified atom stereocenters. The van der Waals surface area contributed by atoms with E-state index in [2.05, 4.69) is 15.5 Å². The third-order valence-electron chi connectivity index (χ3n) is 5.48. The Morgan fingerprint density at radius 3 is 2.60 bits per heavy atom. The van der Waals surface area contributed by atoms with Gasteiger partial charge in [-0.25, -0.2) is 0 Å². The summed E-state index contributed by atoms with van der Waals surface area (Å²) in [7, 11) is 0. The molecular weight excluding hydrogens is 320 g/mol. The molecular formula is C18H28N4O3. The number of carbonyl (C=O) groups is 2. The Kier molecular flexibility index (Phi) is 6.04. The number of nitrogens with one attached hydrogen (secondary N) is 1. The molecule has 1 aliphatic heterocycles. The van der Waals surface area contributed by atoms with Crippen LogP contribution >= 0.6 is 0 Å². The first kappa shape index (κ1) is 17.9. The van der Waals surface area contributed by atoms with Gasteiger partial charge in [-0.3, -0.25) is 9.59 Å². The first-order valence-electron chi connectivity index (χ1n) is 9.46. The Balaban J connectivity index is 1.39. The van der Waals surface area contributed by atoms with Crippen LogP contribution in [0, 0.1) is 5.92 Å². The zero-order valence-electron chi connectivity index (χ0n) is 15.0. The molecule has 1 aromatic rings. The van der Waals surface area contributed by atoms with Crippen molar-refractivity contribution in [1.29, 1.82) is 0 Å². The minimum Gasteiger partial charge on any atom is -0.347 e. The molecule has 2 fully saturated rings. The van der Waals surface area contributed by atoms with Crippen LogP contribution < -0.4 is 5.32 Å². The van der Waals surface area contributed by atoms with E-state index >= 15 is 0 Å². The molecule has 0 bridgehead atoms. The van der Waals surface area contributed by atoms with E-state index in [1.54, 1.807) is 6.92 Å². The van der Waals surface area contributed by atoms with Crippen LogP contribution in [-0.4, -0.2) is 39.9 Å². The SMILES string of the molecule is CC(=O)N1CCC(c2noc(CNC(=O)CCC3CCCC3)n2)CC1. The summed E-state index contributed by atoms with van der Waals surface area (Å²) in [4.78, 5) is 29.6. The highest BCUT2D eigenvalue weighted by molar-refractivity contribution is 5.75. The van der Waals surface area contributed by atoms with E-state index in [-0.39, 0.29) is 17.7 Å². The molecule has 2 aliphatic rings. The van der Waals surface area contributed by atoms with Crippen molar-refractivity contribution in [1.82, 2.24) is 20.4 Å². The number of nitrogens with zero attached hydrogens (tertiary/aromatic N) is 3. The van der Waals surface area contributed by atoms with E-state index in [9.17, 15) is 9.59 Å². The van der Waals surface area contributed by atoms with Crippen molar-refractivity contribution >= 4 is 11.8 Å². The molecule has 0 aromatic carbocycles. The summed E-state index contributed by atoms with van der Waals surface area (Å²) in [6.45, 7) is 3.37. The first-order chi connectivity index (χ1) is 12.1. The fourth-order valence-electron chi connectivity index (χ4n) is 3.86. The quantitative estimate of drug-likeness (QED) is 0.853. The highest BCUT2D eigenvalue weighted by atomic mass is 16.5. The Morgan fingerprint density at radius 2 is 1.92 bits per heavy atom. The predicted octanol–water partition coefficient (Wildman–Crippen LogP) is 2.38. The highest BCUT2D eigenvalue weighted by Crippen LogP contribution is 2.28. The lowest BCUT2D eigenvalue weighted by Gasteiger charge is -2.29. The van der Waals surface area contributed by atoms with Crippen molar-refractivity contribution < 1.29 is 14.1 Å². The van der Waals surface area contributed by atoms with Crippen LogP contribution in [0.25, 0.3) is 0 Å². The number of likely N-dealkylation sites (tertiary alicyclic amines) is 1. The molecule has 0 atom stereocenters. The lowest BCUT2D eigenvalue weighted by molar-refractivity contribution is -0.129. The minimum absolute atomic E-state index is 0.0569. The molecule has 2 heterocycles. The Bertz CT molecular complexity index is 587. The van der Waals surface area contributed by atoms with Gasteiger partial charge in [0, 0.05) is 32.4 Å². The number of hydrogen-bond acceptors (Lipinski definition) is 5. The van der Waals surface area contributed by atoms with Crippen molar-refractivity contribution in [2.24, 2.45) is 5.92 Å². The summed E-state index contributed by atoms with van der Waals surface area (Å²) in [5, 5.41) is 6.93. The molecule has 0 spiro atoms. The van der Waals surface area contributed by atoms with Crippen LogP contribution in [0.2, 0.25) is 0 Å². The van der Waals surface area contributed by atoms with Gasteiger partial charge in [-0.1, -0.05) is 30.8 Å². The zero-order chi connectivity index (χ0) is 17.6. The van der Waals surface area contributed by atoms with E-state index < -0.39 is 0 Å². The molecule has 138 valence electrons. The third kappa shape index (κ3) is 5.03. The largest absolute Gasteiger partial charge is 0.347 e. The average Bonchev–Trinajstić information content (AvgIpc) is 3.30. The van der Waals surface area contributed by atoms with Crippen LogP contribution in [0.3, 0.4) is 0 Å². The Labute approximate surface area is 148 Å². The van der Waals surface area contributed by atoms with Crippen LogP contribution in [-0.2, 0) is 16.1 Å². The lowest BCUT2D eigenvalue weighted by Crippen LogP contribution is -2.36. The summed E-state index contributed by atoms with van der Waals surface area (Å²) < 4.78 is 5.26. The van der Waals surface area contributed by atoms with Gasteiger partial charge in [0.15, 0.2) is 5.82 Å². The van der Waals surface area contributed by atoms with Crippen molar-refractivity contribution in [3.05, 3.63) is 11.7 Å². The van der Waals surface area contributed by atoms with Crippen molar-refractivity contribution in [2.75, 3.05) is 13.1 Å². The molecule has 1 saturated heterocycles. The lowest BCUT2D eigenvalue weighted by atomic mass is 9.96. The van der Waals surface area contributed by atoms with Gasteiger partial charge in [-0.05, 0) is 25.2 Å². The monoisotopic (exact) mass is 348 g/mol. The highest BCUT2D eigenvalue weighted by Gasteiger charge is 2.25. The molecule has 1 N–H and O–H groups in total. The summed E-state index contributed by atoms with van der Waals surface area (Å²) in [6.07, 6.45) is 8.42. The summed E-state index contributed by atoms with van der Waals surface area (Å²) in [5.41, 5.74) is 0. The molecule has 1 aromatic heterocycles. The van der Waals surface area contributed by atoms with E-state index in [4.69, 9.17) is 4.52 Å². The summed E-state index contributed by atoms with van der Waals surface area (Å²) in [6, 6.07) is 0. The van der Waals surface area contributed by atoms with E-state index in [1.165, 1.54) is 25.7 Å². The fraction of sp³-hybridized carbons (Fsp3) is 0.778. The van der Waals surface area contributed by atoms with Gasteiger partial charge in [0.1, 0.15) is 0 Å². The second-order valence-corrected chi connectivity index (χ2v) is 7.29. The Hall–Kier alpha value is -1.92. The molecule has 1 saturated carbocycles. The number of hydrogen-bond donors (Lipinski definition) is 1. The van der Waals surface area contributed by atoms with Crippen LogP contribution in [0.15, 0.2) is 4.52 Å². The fourth-order valence-corrected chi connectivity index (χ4v) is 3.86. The maximum absolute atomic E-state index is 11.9. The molecule has 25 heavy (non-hydrogen) atoms. The van der Waals surface area contributed by atoms with Gasteiger partial charge in [0.2, 0.25) is 17.7 Å². The third-order valence-corrected chi connectivity index (χ3v) is 5.48. The summed E-state index contributed by atoms with van der Waals surface area (Å²) in [5.74, 6) is 2.28. The van der Waals surface area contributed by atoms with E-state index in [0.29, 0.717) is 24.7 Å². The molecule has 7 nitrogen and oxygen atoms in total. The second kappa shape index (κ2) is 8.45. The van der Waals surface area contributed by atoms with E-state index in [1.807, 2.05) is 4.90 Å². The topological polar surface area (TPSA) is 88.3 Å². The molecule has 3 rings (SSSR count). The molecule has 1 aliphatic carbocycles. The van der Waals surface area contributed by atoms with Gasteiger partial charge in [0.05, 0.1) is 6.54 Å². The minimum atomic E-state index is 0.0569. The molecule has 2 amide bonds. The number of aromatic nitrogens is 2. The molecule has 0 radical (unpaired) electrons. The maximum Gasteiger partial charge on any atom is 0.246 e. The van der Waals surface area contributed by atoms with Gasteiger partial charge in [-0.15, -0.1) is 0 Å². The number of amides is 2. The maximum atomic E-state index is 11.9. The van der Waals surface area contributed by atoms with Crippen molar-refractivity contribution in [3.8, 4) is 0 Å².